The number of benzene rings is 1. The standard InChI is InChI=1S/C14H12BrFN2O2S/c15-13-7-8-10(4-2-6-12(8)21-13)17-14-9(16)3-1-5-11(14)18(19)20/h1,3,5,7,10,17H,2,4,6H2. The van der Waals surface area contributed by atoms with Crippen molar-refractivity contribution >= 4 is 38.6 Å². The highest BCUT2D eigenvalue weighted by atomic mass is 79.9. The first-order valence-corrected chi connectivity index (χ1v) is 8.14. The fourth-order valence-electron chi connectivity index (χ4n) is 2.65. The number of fused-ring (bicyclic) bond motifs is 1. The van der Waals surface area contributed by atoms with E-state index in [1.54, 1.807) is 11.3 Å². The molecular formula is C14H12BrFN2O2S. The van der Waals surface area contributed by atoms with Gasteiger partial charge < -0.3 is 5.32 Å². The van der Waals surface area contributed by atoms with Crippen LogP contribution in [0.4, 0.5) is 15.8 Å². The topological polar surface area (TPSA) is 55.2 Å². The third kappa shape index (κ3) is 2.80. The van der Waals surface area contributed by atoms with Crippen molar-refractivity contribution in [3.05, 3.63) is 54.4 Å². The van der Waals surface area contributed by atoms with Crippen molar-refractivity contribution in [3.63, 3.8) is 0 Å². The van der Waals surface area contributed by atoms with Gasteiger partial charge in [0.25, 0.3) is 5.69 Å². The van der Waals surface area contributed by atoms with E-state index in [0.717, 1.165) is 28.6 Å². The molecule has 3 rings (SSSR count). The lowest BCUT2D eigenvalue weighted by Crippen LogP contribution is -2.17. The Hall–Kier alpha value is -1.47. The molecule has 1 aliphatic rings. The molecule has 1 aromatic carbocycles. The summed E-state index contributed by atoms with van der Waals surface area (Å²) in [6.45, 7) is 0. The first kappa shape index (κ1) is 14.5. The Bertz CT molecular complexity index is 704. The Kier molecular flexibility index (Phi) is 3.95. The van der Waals surface area contributed by atoms with Gasteiger partial charge >= 0.3 is 0 Å². The molecule has 1 atom stereocenters. The van der Waals surface area contributed by atoms with Crippen molar-refractivity contribution in [2.24, 2.45) is 0 Å². The minimum atomic E-state index is -0.592. The molecule has 1 heterocycles. The molecule has 1 N–H and O–H groups in total. The lowest BCUT2D eigenvalue weighted by atomic mass is 9.94. The first-order valence-electron chi connectivity index (χ1n) is 6.54. The maximum Gasteiger partial charge on any atom is 0.295 e. The van der Waals surface area contributed by atoms with Crippen LogP contribution >= 0.6 is 27.3 Å². The summed E-state index contributed by atoms with van der Waals surface area (Å²) in [6.07, 6.45) is 2.82. The van der Waals surface area contributed by atoms with Crippen molar-refractivity contribution in [2.75, 3.05) is 5.32 Å². The molecule has 1 unspecified atom stereocenters. The molecule has 21 heavy (non-hydrogen) atoms. The van der Waals surface area contributed by atoms with Crippen molar-refractivity contribution < 1.29 is 9.31 Å². The fourth-order valence-corrected chi connectivity index (χ4v) is 4.47. The van der Waals surface area contributed by atoms with Crippen LogP contribution in [0.1, 0.15) is 29.3 Å². The largest absolute Gasteiger partial charge is 0.370 e. The van der Waals surface area contributed by atoms with Crippen molar-refractivity contribution in [1.29, 1.82) is 0 Å². The molecule has 1 aliphatic carbocycles. The number of nitrogens with one attached hydrogen (secondary N) is 1. The van der Waals surface area contributed by atoms with Crippen LogP contribution in [0.5, 0.6) is 0 Å². The lowest BCUT2D eigenvalue weighted by Gasteiger charge is -2.24. The monoisotopic (exact) mass is 370 g/mol. The van der Waals surface area contributed by atoms with Gasteiger partial charge in [-0.2, -0.15) is 0 Å². The van der Waals surface area contributed by atoms with Gasteiger partial charge in [-0.15, -0.1) is 11.3 Å². The highest BCUT2D eigenvalue weighted by Gasteiger charge is 2.26. The van der Waals surface area contributed by atoms with E-state index in [9.17, 15) is 14.5 Å². The summed E-state index contributed by atoms with van der Waals surface area (Å²) in [4.78, 5) is 11.8. The summed E-state index contributed by atoms with van der Waals surface area (Å²) < 4.78 is 15.0. The highest BCUT2D eigenvalue weighted by Crippen LogP contribution is 2.41. The van der Waals surface area contributed by atoms with Gasteiger partial charge in [-0.05, 0) is 52.9 Å². The van der Waals surface area contributed by atoms with Crippen LogP contribution in [0.2, 0.25) is 0 Å². The van der Waals surface area contributed by atoms with E-state index in [2.05, 4.69) is 21.2 Å². The number of hydrogen-bond acceptors (Lipinski definition) is 4. The van der Waals surface area contributed by atoms with Gasteiger partial charge in [0.2, 0.25) is 0 Å². The normalized spacial score (nSPS) is 17.3. The second-order valence-electron chi connectivity index (χ2n) is 4.91. The van der Waals surface area contributed by atoms with E-state index in [1.165, 1.54) is 23.1 Å². The predicted molar refractivity (Wildman–Crippen MR) is 84.4 cm³/mol. The van der Waals surface area contributed by atoms with E-state index < -0.39 is 10.7 Å². The van der Waals surface area contributed by atoms with E-state index in [1.807, 2.05) is 6.07 Å². The lowest BCUT2D eigenvalue weighted by molar-refractivity contribution is -0.384. The summed E-state index contributed by atoms with van der Waals surface area (Å²) in [5, 5.41) is 14.1. The van der Waals surface area contributed by atoms with Gasteiger partial charge in [-0.1, -0.05) is 6.07 Å². The maximum absolute atomic E-state index is 14.0. The van der Waals surface area contributed by atoms with Gasteiger partial charge in [0.1, 0.15) is 5.69 Å². The maximum atomic E-state index is 14.0. The minimum absolute atomic E-state index is 0.0253. The summed E-state index contributed by atoms with van der Waals surface area (Å²) in [7, 11) is 0. The Morgan fingerprint density at radius 2 is 2.29 bits per heavy atom. The second kappa shape index (κ2) is 5.73. The Morgan fingerprint density at radius 1 is 1.48 bits per heavy atom. The van der Waals surface area contributed by atoms with Gasteiger partial charge in [0, 0.05) is 10.9 Å². The molecule has 110 valence electrons. The molecule has 0 fully saturated rings. The van der Waals surface area contributed by atoms with Gasteiger partial charge in [0.05, 0.1) is 14.8 Å². The first-order chi connectivity index (χ1) is 10.1. The third-order valence-corrected chi connectivity index (χ3v) is 5.30. The number of thiophene rings is 1. The molecule has 4 nitrogen and oxygen atoms in total. The number of nitro benzene ring substituents is 1. The van der Waals surface area contributed by atoms with E-state index >= 15 is 0 Å². The predicted octanol–water partition coefficient (Wildman–Crippen LogP) is 5.05. The van der Waals surface area contributed by atoms with E-state index in [0.29, 0.717) is 0 Å². The van der Waals surface area contributed by atoms with Crippen LogP contribution in [-0.2, 0) is 6.42 Å². The molecule has 0 saturated carbocycles. The van der Waals surface area contributed by atoms with Crippen LogP contribution in [0.3, 0.4) is 0 Å². The number of aryl methyl sites for hydroxylation is 1. The average molecular weight is 371 g/mol. The van der Waals surface area contributed by atoms with E-state index in [-0.39, 0.29) is 17.4 Å². The number of para-hydroxylation sites is 1. The van der Waals surface area contributed by atoms with Crippen LogP contribution in [0.25, 0.3) is 0 Å². The van der Waals surface area contributed by atoms with Crippen molar-refractivity contribution in [1.82, 2.24) is 0 Å². The molecule has 0 spiro atoms. The molecule has 0 radical (unpaired) electrons. The molecule has 7 heteroatoms. The Balaban J connectivity index is 1.97. The Morgan fingerprint density at radius 3 is 3.05 bits per heavy atom. The highest BCUT2D eigenvalue weighted by molar-refractivity contribution is 9.11. The number of halogens is 2. The molecule has 1 aromatic heterocycles. The van der Waals surface area contributed by atoms with Crippen LogP contribution in [-0.4, -0.2) is 4.92 Å². The van der Waals surface area contributed by atoms with Gasteiger partial charge in [0.15, 0.2) is 5.82 Å². The average Bonchev–Trinajstić information content (AvgIpc) is 2.82. The van der Waals surface area contributed by atoms with Crippen molar-refractivity contribution in [2.45, 2.75) is 25.3 Å². The van der Waals surface area contributed by atoms with Crippen LogP contribution < -0.4 is 5.32 Å². The fraction of sp³-hybridized carbons (Fsp3) is 0.286. The van der Waals surface area contributed by atoms with Gasteiger partial charge in [-0.3, -0.25) is 10.1 Å². The quantitative estimate of drug-likeness (QED) is 0.607. The zero-order valence-electron chi connectivity index (χ0n) is 10.9. The number of anilines is 1. The summed E-state index contributed by atoms with van der Waals surface area (Å²) in [6, 6.07) is 5.84. The molecule has 0 saturated heterocycles. The SMILES string of the molecule is O=[N+]([O-])c1cccc(F)c1NC1CCCc2sc(Br)cc21. The third-order valence-electron chi connectivity index (χ3n) is 3.59. The van der Waals surface area contributed by atoms with Crippen molar-refractivity contribution in [3.8, 4) is 0 Å². The summed E-state index contributed by atoms with van der Waals surface area (Å²) >= 11 is 5.13. The molecule has 0 bridgehead atoms. The van der Waals surface area contributed by atoms with Crippen LogP contribution in [0.15, 0.2) is 28.1 Å². The second-order valence-corrected chi connectivity index (χ2v) is 7.43. The molecular weight excluding hydrogens is 359 g/mol. The summed E-state index contributed by atoms with van der Waals surface area (Å²) in [5.74, 6) is -0.592. The van der Waals surface area contributed by atoms with E-state index in [4.69, 9.17) is 0 Å². The zero-order valence-corrected chi connectivity index (χ0v) is 13.3. The smallest absolute Gasteiger partial charge is 0.295 e. The molecule has 0 aliphatic heterocycles. The number of nitrogens with zero attached hydrogens (tertiary/aromatic N) is 1. The number of hydrogen-bond donors (Lipinski definition) is 1. The minimum Gasteiger partial charge on any atom is -0.370 e. The molecule has 0 amide bonds. The zero-order chi connectivity index (χ0) is 15.0. The molecule has 2 aromatic rings. The summed E-state index contributed by atoms with van der Waals surface area (Å²) in [5.41, 5.74) is 0.856. The van der Waals surface area contributed by atoms with Gasteiger partial charge in [-0.25, -0.2) is 4.39 Å². The number of rotatable bonds is 3. The van der Waals surface area contributed by atoms with Crippen LogP contribution in [0, 0.1) is 15.9 Å². The number of nitro groups is 1. The Labute approximate surface area is 133 Å².